The van der Waals surface area contributed by atoms with Gasteiger partial charge in [0.25, 0.3) is 0 Å². The second-order valence-electron chi connectivity index (χ2n) is 7.70. The van der Waals surface area contributed by atoms with Crippen molar-refractivity contribution in [2.75, 3.05) is 25.2 Å². The van der Waals surface area contributed by atoms with Crippen LogP contribution >= 0.6 is 11.6 Å². The number of aryl methyl sites for hydroxylation is 1. The van der Waals surface area contributed by atoms with Crippen LogP contribution in [-0.2, 0) is 4.74 Å². The fourth-order valence-corrected chi connectivity index (χ4v) is 4.75. The minimum Gasteiger partial charge on any atom is -0.472 e. The number of nitrogens with one attached hydrogen (secondary N) is 1. The third-order valence-electron chi connectivity index (χ3n) is 5.96. The first kappa shape index (κ1) is 21.0. The average molecular weight is 439 g/mol. The number of carbonyl (C=O) groups is 1. The lowest BCUT2D eigenvalue weighted by Crippen LogP contribution is -2.67. The molecule has 1 fully saturated rings. The van der Waals surface area contributed by atoms with Crippen molar-refractivity contribution in [1.82, 2.24) is 15.3 Å². The van der Waals surface area contributed by atoms with Crippen molar-refractivity contribution in [3.63, 3.8) is 0 Å². The summed E-state index contributed by atoms with van der Waals surface area (Å²) in [6.07, 6.45) is 0.429. The number of anilines is 1. The highest BCUT2D eigenvalue weighted by atomic mass is 35.5. The van der Waals surface area contributed by atoms with Crippen molar-refractivity contribution in [3.05, 3.63) is 22.2 Å². The van der Waals surface area contributed by atoms with Crippen LogP contribution in [0.15, 0.2) is 0 Å². The molecule has 162 valence electrons. The molecule has 2 aromatic rings. The maximum atomic E-state index is 15.2. The van der Waals surface area contributed by atoms with Crippen molar-refractivity contribution in [2.45, 2.75) is 51.4 Å². The van der Waals surface area contributed by atoms with Crippen LogP contribution in [0.2, 0.25) is 5.15 Å². The van der Waals surface area contributed by atoms with Crippen LogP contribution in [0.5, 0.6) is 5.88 Å². The maximum absolute atomic E-state index is 15.2. The van der Waals surface area contributed by atoms with E-state index in [1.165, 1.54) is 7.11 Å². The van der Waals surface area contributed by atoms with E-state index in [-0.39, 0.29) is 52.9 Å². The molecule has 0 saturated carbocycles. The first-order valence-corrected chi connectivity index (χ1v) is 10.3. The van der Waals surface area contributed by atoms with Crippen LogP contribution in [0.4, 0.5) is 10.2 Å². The van der Waals surface area contributed by atoms with E-state index in [0.717, 1.165) is 6.42 Å². The van der Waals surface area contributed by atoms with E-state index < -0.39 is 11.8 Å². The van der Waals surface area contributed by atoms with Crippen molar-refractivity contribution in [3.8, 4) is 5.88 Å². The fourth-order valence-electron chi connectivity index (χ4n) is 4.58. The maximum Gasteiger partial charge on any atom is 0.357 e. The summed E-state index contributed by atoms with van der Waals surface area (Å²) in [7, 11) is 1.25. The molecule has 2 aliphatic heterocycles. The van der Waals surface area contributed by atoms with E-state index in [9.17, 15) is 9.90 Å². The molecule has 0 aliphatic carbocycles. The Morgan fingerprint density at radius 2 is 2.17 bits per heavy atom. The lowest BCUT2D eigenvalue weighted by molar-refractivity contribution is 0.0593. The van der Waals surface area contributed by atoms with E-state index in [4.69, 9.17) is 21.1 Å². The Bertz CT molecular complexity index is 1020. The Hall–Kier alpha value is -2.23. The summed E-state index contributed by atoms with van der Waals surface area (Å²) in [6.45, 7) is 5.87. The highest BCUT2D eigenvalue weighted by molar-refractivity contribution is 6.30. The lowest BCUT2D eigenvalue weighted by atomic mass is 9.93. The Balaban J connectivity index is 2.07. The highest BCUT2D eigenvalue weighted by Crippen LogP contribution is 2.43. The largest absolute Gasteiger partial charge is 0.472 e. The summed E-state index contributed by atoms with van der Waals surface area (Å²) >= 11 is 6.08. The van der Waals surface area contributed by atoms with Gasteiger partial charge in [0.2, 0.25) is 5.88 Å². The number of fused-ring (bicyclic) bond motifs is 2. The highest BCUT2D eigenvalue weighted by Gasteiger charge is 2.43. The number of halogens is 2. The molecule has 2 aromatic heterocycles. The first-order valence-electron chi connectivity index (χ1n) is 9.90. The molecule has 1 saturated heterocycles. The van der Waals surface area contributed by atoms with Gasteiger partial charge >= 0.3 is 5.97 Å². The number of hydrogen-bond donors (Lipinski definition) is 2. The van der Waals surface area contributed by atoms with Crippen LogP contribution in [-0.4, -0.2) is 65.5 Å². The van der Waals surface area contributed by atoms with Gasteiger partial charge in [-0.2, -0.15) is 4.98 Å². The second kappa shape index (κ2) is 7.79. The normalized spacial score (nSPS) is 25.5. The van der Waals surface area contributed by atoms with E-state index in [1.807, 2.05) is 18.7 Å². The predicted molar refractivity (Wildman–Crippen MR) is 110 cm³/mol. The Morgan fingerprint density at radius 1 is 1.43 bits per heavy atom. The predicted octanol–water partition coefficient (Wildman–Crippen LogP) is 2.22. The van der Waals surface area contributed by atoms with Gasteiger partial charge in [-0.1, -0.05) is 18.5 Å². The van der Waals surface area contributed by atoms with Gasteiger partial charge in [-0.05, 0) is 25.8 Å². The summed E-state index contributed by atoms with van der Waals surface area (Å²) < 4.78 is 26.2. The lowest BCUT2D eigenvalue weighted by Gasteiger charge is -2.46. The van der Waals surface area contributed by atoms with E-state index >= 15 is 4.39 Å². The molecule has 0 spiro atoms. The summed E-state index contributed by atoms with van der Waals surface area (Å²) in [6, 6.07) is -0.428. The summed E-state index contributed by atoms with van der Waals surface area (Å²) in [5, 5.41) is 13.4. The number of rotatable bonds is 3. The van der Waals surface area contributed by atoms with Gasteiger partial charge < -0.3 is 24.8 Å². The van der Waals surface area contributed by atoms with Gasteiger partial charge in [0.15, 0.2) is 16.7 Å². The Kier molecular flexibility index (Phi) is 5.46. The zero-order valence-corrected chi connectivity index (χ0v) is 18.0. The number of nitrogens with zero attached hydrogens (tertiary/aromatic N) is 3. The molecular weight excluding hydrogens is 415 g/mol. The molecule has 0 aromatic carbocycles. The topological polar surface area (TPSA) is 96.8 Å². The third-order valence-corrected chi connectivity index (χ3v) is 6.21. The van der Waals surface area contributed by atoms with Gasteiger partial charge in [-0.15, -0.1) is 0 Å². The van der Waals surface area contributed by atoms with Crippen LogP contribution in [0.1, 0.15) is 36.3 Å². The number of pyridine rings is 2. The minimum atomic E-state index is -0.739. The molecule has 4 rings (SSSR count). The van der Waals surface area contributed by atoms with Crippen LogP contribution in [0, 0.1) is 12.7 Å². The Labute approximate surface area is 178 Å². The van der Waals surface area contributed by atoms with Gasteiger partial charge in [0, 0.05) is 24.0 Å². The number of esters is 1. The van der Waals surface area contributed by atoms with E-state index in [2.05, 4.69) is 15.3 Å². The molecule has 2 aliphatic rings. The van der Waals surface area contributed by atoms with Gasteiger partial charge in [-0.3, -0.25) is 0 Å². The molecule has 0 bridgehead atoms. The minimum absolute atomic E-state index is 0.00699. The number of carbonyl (C=O) groups excluding carboxylic acids is 1. The second-order valence-corrected chi connectivity index (χ2v) is 8.06. The van der Waals surface area contributed by atoms with Crippen LogP contribution in [0.3, 0.4) is 0 Å². The average Bonchev–Trinajstić information content (AvgIpc) is 2.85. The Morgan fingerprint density at radius 3 is 2.80 bits per heavy atom. The first-order chi connectivity index (χ1) is 14.3. The molecule has 4 heterocycles. The van der Waals surface area contributed by atoms with Gasteiger partial charge in [0.05, 0.1) is 25.1 Å². The summed E-state index contributed by atoms with van der Waals surface area (Å²) in [5.41, 5.74) is 0.312. The van der Waals surface area contributed by atoms with Crippen molar-refractivity contribution < 1.29 is 23.8 Å². The molecule has 2 N–H and O–H groups in total. The third kappa shape index (κ3) is 3.07. The zero-order chi connectivity index (χ0) is 21.7. The van der Waals surface area contributed by atoms with Crippen molar-refractivity contribution >= 4 is 34.2 Å². The molecule has 4 atom stereocenters. The standard InChI is InChI=1S/C20H24ClFN4O4/c1-5-11-16-9(3)30-19-13-12(14(22)17(21)25-19)8(2)15(20(28)29-4)24-18(13)26(16)6-10(7-27)23-11/h9-11,16,23,27H,5-7H2,1-4H3/t9?,10?,11-,16?/m0/s1. The van der Waals surface area contributed by atoms with Crippen molar-refractivity contribution in [1.29, 1.82) is 0 Å². The van der Waals surface area contributed by atoms with Crippen LogP contribution < -0.4 is 15.0 Å². The number of hydrogen-bond acceptors (Lipinski definition) is 8. The van der Waals surface area contributed by atoms with Crippen molar-refractivity contribution in [2.24, 2.45) is 0 Å². The molecule has 0 amide bonds. The number of aliphatic hydroxyl groups is 1. The molecule has 3 unspecified atom stereocenters. The molecule has 0 radical (unpaired) electrons. The fraction of sp³-hybridized carbons (Fsp3) is 0.550. The molecular formula is C20H24ClFN4O4. The molecule has 30 heavy (non-hydrogen) atoms. The number of aromatic nitrogens is 2. The number of ether oxygens (including phenoxy) is 2. The zero-order valence-electron chi connectivity index (χ0n) is 17.2. The molecule has 10 heteroatoms. The molecule has 8 nitrogen and oxygen atoms in total. The van der Waals surface area contributed by atoms with E-state index in [1.54, 1.807) is 6.92 Å². The number of methoxy groups -OCH3 is 1. The van der Waals surface area contributed by atoms with Gasteiger partial charge in [0.1, 0.15) is 11.9 Å². The summed E-state index contributed by atoms with van der Waals surface area (Å²) in [5.74, 6) is -0.856. The quantitative estimate of drug-likeness (QED) is 0.556. The SMILES string of the molecule is CC[C@@H]1NC(CO)CN2c3nc(C(=O)OC)c(C)c4c(F)c(Cl)nc(c34)OC(C)C12. The number of piperazine rings is 1. The monoisotopic (exact) mass is 438 g/mol. The smallest absolute Gasteiger partial charge is 0.357 e. The number of aliphatic hydroxyl groups excluding tert-OH is 1. The van der Waals surface area contributed by atoms with E-state index in [0.29, 0.717) is 23.3 Å². The summed E-state index contributed by atoms with van der Waals surface area (Å²) in [4.78, 5) is 23.2. The van der Waals surface area contributed by atoms with Gasteiger partial charge in [-0.25, -0.2) is 14.2 Å². The van der Waals surface area contributed by atoms with Crippen LogP contribution in [0.25, 0.3) is 10.8 Å².